The number of aromatic nitrogens is 2. The van der Waals surface area contributed by atoms with Crippen LogP contribution >= 0.6 is 34.8 Å². The zero-order chi connectivity index (χ0) is 17.1. The second kappa shape index (κ2) is 7.22. The molecule has 0 amide bonds. The minimum atomic E-state index is -0.166. The third-order valence-corrected chi connectivity index (χ3v) is 4.00. The Morgan fingerprint density at radius 1 is 0.958 bits per heavy atom. The first kappa shape index (κ1) is 16.8. The number of carbonyl (C=O) groups excluding carboxylic acids is 1. The van der Waals surface area contributed by atoms with Crippen molar-refractivity contribution in [2.45, 2.75) is 0 Å². The Kier molecular flexibility index (Phi) is 5.05. The summed E-state index contributed by atoms with van der Waals surface area (Å²) < 4.78 is 1.64. The lowest BCUT2D eigenvalue weighted by Crippen LogP contribution is -2.08. The highest BCUT2D eigenvalue weighted by Gasteiger charge is 2.14. The van der Waals surface area contributed by atoms with Crippen LogP contribution in [0.4, 0.5) is 0 Å². The molecule has 120 valence electrons. The number of allylic oxidation sites excluding steroid dienone is 1. The highest BCUT2D eigenvalue weighted by molar-refractivity contribution is 6.35. The van der Waals surface area contributed by atoms with Crippen molar-refractivity contribution in [2.75, 3.05) is 0 Å². The molecule has 3 aromatic rings. The van der Waals surface area contributed by atoms with Crippen molar-refractivity contribution < 1.29 is 4.79 Å². The van der Waals surface area contributed by atoms with E-state index in [0.29, 0.717) is 26.3 Å². The Labute approximate surface area is 154 Å². The van der Waals surface area contributed by atoms with E-state index >= 15 is 0 Å². The fourth-order valence-electron chi connectivity index (χ4n) is 2.22. The molecule has 3 rings (SSSR count). The number of hydrogen-bond donors (Lipinski definition) is 0. The van der Waals surface area contributed by atoms with Crippen LogP contribution in [-0.4, -0.2) is 15.3 Å². The van der Waals surface area contributed by atoms with Gasteiger partial charge in [-0.1, -0.05) is 34.8 Å². The molecule has 6 heteroatoms. The number of rotatable bonds is 4. The summed E-state index contributed by atoms with van der Waals surface area (Å²) in [5.41, 5.74) is 1.67. The van der Waals surface area contributed by atoms with Crippen molar-refractivity contribution in [2.24, 2.45) is 0 Å². The molecule has 0 aliphatic heterocycles. The topological polar surface area (TPSA) is 34.9 Å². The summed E-state index contributed by atoms with van der Waals surface area (Å²) in [4.78, 5) is 16.9. The van der Waals surface area contributed by atoms with Crippen LogP contribution in [0.15, 0.2) is 61.2 Å². The predicted octanol–water partition coefficient (Wildman–Crippen LogP) is 5.72. The molecule has 24 heavy (non-hydrogen) atoms. The number of hydrogen-bond acceptors (Lipinski definition) is 2. The van der Waals surface area contributed by atoms with Gasteiger partial charge in [-0.15, -0.1) is 0 Å². The average molecular weight is 378 g/mol. The Hall–Kier alpha value is -2.07. The summed E-state index contributed by atoms with van der Waals surface area (Å²) in [7, 11) is 0. The van der Waals surface area contributed by atoms with E-state index in [4.69, 9.17) is 34.8 Å². The highest BCUT2D eigenvalue weighted by atomic mass is 35.5. The van der Waals surface area contributed by atoms with Gasteiger partial charge in [0.05, 0.1) is 12.0 Å². The largest absolute Gasteiger partial charge is 0.303 e. The number of ketones is 1. The third kappa shape index (κ3) is 3.88. The maximum atomic E-state index is 12.9. The minimum absolute atomic E-state index is 0.166. The molecule has 0 N–H and O–H groups in total. The number of carbonyl (C=O) groups is 1. The molecule has 1 heterocycles. The molecule has 0 aliphatic rings. The molecule has 0 bridgehead atoms. The van der Waals surface area contributed by atoms with Crippen LogP contribution in [-0.2, 0) is 0 Å². The van der Waals surface area contributed by atoms with Crippen molar-refractivity contribution in [3.05, 3.63) is 87.4 Å². The highest BCUT2D eigenvalue weighted by Crippen LogP contribution is 2.24. The first-order valence-electron chi connectivity index (χ1n) is 6.99. The van der Waals surface area contributed by atoms with Crippen molar-refractivity contribution in [1.82, 2.24) is 9.55 Å². The lowest BCUT2D eigenvalue weighted by atomic mass is 10.1. The first-order chi connectivity index (χ1) is 11.5. The van der Waals surface area contributed by atoms with Gasteiger partial charge in [0.25, 0.3) is 0 Å². The molecular formula is C18H11Cl3N2O. The Morgan fingerprint density at radius 3 is 2.21 bits per heavy atom. The maximum Gasteiger partial charge on any atom is 0.209 e. The Morgan fingerprint density at radius 2 is 1.62 bits per heavy atom. The van der Waals surface area contributed by atoms with Gasteiger partial charge in [-0.05, 0) is 54.1 Å². The molecule has 0 saturated carbocycles. The summed E-state index contributed by atoms with van der Waals surface area (Å²) in [6.07, 6.45) is 6.59. The molecule has 0 unspecified atom stereocenters. The van der Waals surface area contributed by atoms with E-state index in [9.17, 15) is 4.79 Å². The molecule has 0 fully saturated rings. The standard InChI is InChI=1S/C18H11Cl3N2O/c19-14-3-1-13(2-4-14)18(24)17(23-6-5-22-11-23)9-12-7-15(20)10-16(21)8-12/h1-11H/b17-9+. The summed E-state index contributed by atoms with van der Waals surface area (Å²) >= 11 is 18.0. The summed E-state index contributed by atoms with van der Waals surface area (Å²) in [6.45, 7) is 0. The van der Waals surface area contributed by atoms with Gasteiger partial charge in [0, 0.05) is 33.0 Å². The predicted molar refractivity (Wildman–Crippen MR) is 98.6 cm³/mol. The quantitative estimate of drug-likeness (QED) is 0.430. The fraction of sp³-hybridized carbons (Fsp3) is 0. The number of imidazole rings is 1. The summed E-state index contributed by atoms with van der Waals surface area (Å²) in [6, 6.07) is 11.8. The van der Waals surface area contributed by atoms with E-state index in [0.717, 1.165) is 5.56 Å². The van der Waals surface area contributed by atoms with Gasteiger partial charge >= 0.3 is 0 Å². The van der Waals surface area contributed by atoms with Gasteiger partial charge in [0.15, 0.2) is 0 Å². The van der Waals surface area contributed by atoms with Crippen LogP contribution in [0, 0.1) is 0 Å². The van der Waals surface area contributed by atoms with Crippen LogP contribution in [0.3, 0.4) is 0 Å². The minimum Gasteiger partial charge on any atom is -0.303 e. The Bertz CT molecular complexity index is 880. The Balaban J connectivity index is 2.08. The van der Waals surface area contributed by atoms with E-state index in [-0.39, 0.29) is 5.78 Å². The molecular weight excluding hydrogens is 367 g/mol. The van der Waals surface area contributed by atoms with Crippen LogP contribution in [0.1, 0.15) is 15.9 Å². The molecule has 1 aromatic heterocycles. The molecule has 0 spiro atoms. The molecule has 0 saturated heterocycles. The van der Waals surface area contributed by atoms with Crippen LogP contribution in [0.25, 0.3) is 11.8 Å². The van der Waals surface area contributed by atoms with Gasteiger partial charge in [-0.25, -0.2) is 4.98 Å². The third-order valence-electron chi connectivity index (χ3n) is 3.31. The number of Topliss-reactive ketones (excluding diaryl/α,β-unsaturated/α-hetero) is 1. The van der Waals surface area contributed by atoms with Crippen molar-refractivity contribution >= 4 is 52.4 Å². The van der Waals surface area contributed by atoms with E-state index in [1.165, 1.54) is 0 Å². The number of nitrogens with zero attached hydrogens (tertiary/aromatic N) is 2. The molecule has 3 nitrogen and oxygen atoms in total. The summed E-state index contributed by atoms with van der Waals surface area (Å²) in [5.74, 6) is -0.166. The van der Waals surface area contributed by atoms with Crippen LogP contribution in [0.2, 0.25) is 15.1 Å². The van der Waals surface area contributed by atoms with E-state index in [1.54, 1.807) is 71.8 Å². The second-order valence-electron chi connectivity index (χ2n) is 5.04. The first-order valence-corrected chi connectivity index (χ1v) is 8.13. The fourth-order valence-corrected chi connectivity index (χ4v) is 2.89. The van der Waals surface area contributed by atoms with Crippen LogP contribution in [0.5, 0.6) is 0 Å². The monoisotopic (exact) mass is 376 g/mol. The average Bonchev–Trinajstić information content (AvgIpc) is 3.06. The van der Waals surface area contributed by atoms with Gasteiger partial charge in [0.1, 0.15) is 0 Å². The zero-order valence-electron chi connectivity index (χ0n) is 12.3. The zero-order valence-corrected chi connectivity index (χ0v) is 14.6. The molecule has 0 aliphatic carbocycles. The normalized spacial score (nSPS) is 11.5. The lowest BCUT2D eigenvalue weighted by Gasteiger charge is -2.09. The molecule has 2 aromatic carbocycles. The summed E-state index contributed by atoms with van der Waals surface area (Å²) in [5, 5.41) is 1.57. The van der Waals surface area contributed by atoms with Gasteiger partial charge in [-0.2, -0.15) is 0 Å². The van der Waals surface area contributed by atoms with E-state index in [1.807, 2.05) is 0 Å². The molecule has 0 atom stereocenters. The lowest BCUT2D eigenvalue weighted by molar-refractivity contribution is 0.105. The van der Waals surface area contributed by atoms with Gasteiger partial charge < -0.3 is 4.57 Å². The maximum absolute atomic E-state index is 12.9. The van der Waals surface area contributed by atoms with Crippen molar-refractivity contribution in [3.8, 4) is 0 Å². The van der Waals surface area contributed by atoms with Crippen LogP contribution < -0.4 is 0 Å². The van der Waals surface area contributed by atoms with Gasteiger partial charge in [0.2, 0.25) is 5.78 Å². The van der Waals surface area contributed by atoms with Crippen molar-refractivity contribution in [1.29, 1.82) is 0 Å². The molecule has 0 radical (unpaired) electrons. The van der Waals surface area contributed by atoms with E-state index < -0.39 is 0 Å². The smallest absolute Gasteiger partial charge is 0.209 e. The number of benzene rings is 2. The van der Waals surface area contributed by atoms with Gasteiger partial charge in [-0.3, -0.25) is 4.79 Å². The second-order valence-corrected chi connectivity index (χ2v) is 6.35. The SMILES string of the molecule is O=C(/C(=C\c1cc(Cl)cc(Cl)c1)n1ccnc1)c1ccc(Cl)cc1. The number of halogens is 3. The van der Waals surface area contributed by atoms with Crippen molar-refractivity contribution in [3.63, 3.8) is 0 Å². The van der Waals surface area contributed by atoms with E-state index in [2.05, 4.69) is 4.98 Å².